The molecule has 8 heteroatoms. The molecule has 0 saturated carbocycles. The second-order valence-corrected chi connectivity index (χ2v) is 8.08. The van der Waals surface area contributed by atoms with Gasteiger partial charge in [0.25, 0.3) is 5.91 Å². The Balaban J connectivity index is 1.36. The number of rotatable bonds is 3. The lowest BCUT2D eigenvalue weighted by molar-refractivity contribution is 0.0754. The molecule has 0 aliphatic carbocycles. The number of halogens is 2. The van der Waals surface area contributed by atoms with Crippen LogP contribution < -0.4 is 4.90 Å². The Morgan fingerprint density at radius 3 is 2.29 bits per heavy atom. The van der Waals surface area contributed by atoms with Gasteiger partial charge in [0.05, 0.1) is 17.2 Å². The fraction of sp³-hybridized carbons (Fsp3) is 0.400. The summed E-state index contributed by atoms with van der Waals surface area (Å²) in [5.41, 5.74) is 0.593. The summed E-state index contributed by atoms with van der Waals surface area (Å²) in [5, 5.41) is 11.8. The zero-order valence-electron chi connectivity index (χ0n) is 15.3. The first-order valence-corrected chi connectivity index (χ1v) is 10.1. The zero-order chi connectivity index (χ0) is 19.7. The highest BCUT2D eigenvalue weighted by Gasteiger charge is 2.38. The number of anilines is 1. The molecule has 1 aromatic heterocycles. The van der Waals surface area contributed by atoms with Crippen LogP contribution in [0.5, 0.6) is 0 Å². The Hall–Kier alpha value is -1.86. The van der Waals surface area contributed by atoms with Crippen LogP contribution in [0.2, 0.25) is 10.0 Å². The second-order valence-electron chi connectivity index (χ2n) is 7.21. The maximum absolute atomic E-state index is 12.7. The van der Waals surface area contributed by atoms with E-state index in [1.165, 1.54) is 0 Å². The van der Waals surface area contributed by atoms with Gasteiger partial charge in [-0.1, -0.05) is 23.2 Å². The summed E-state index contributed by atoms with van der Waals surface area (Å²) in [7, 11) is 0. The molecule has 28 heavy (non-hydrogen) atoms. The number of nitrogens with zero attached hydrogens (tertiary/aromatic N) is 4. The van der Waals surface area contributed by atoms with Gasteiger partial charge in [-0.3, -0.25) is 9.69 Å². The van der Waals surface area contributed by atoms with Gasteiger partial charge in [0.15, 0.2) is 0 Å². The number of piperazine rings is 1. The summed E-state index contributed by atoms with van der Waals surface area (Å²) in [6, 6.07) is 10.6. The van der Waals surface area contributed by atoms with E-state index in [2.05, 4.69) is 14.8 Å². The molecule has 2 saturated heterocycles. The van der Waals surface area contributed by atoms with E-state index >= 15 is 0 Å². The van der Waals surface area contributed by atoms with Crippen molar-refractivity contribution in [1.29, 1.82) is 0 Å². The molecule has 1 N–H and O–H groups in total. The third kappa shape index (κ3) is 4.10. The van der Waals surface area contributed by atoms with Gasteiger partial charge in [-0.05, 0) is 36.4 Å². The number of β-amino-alcohol motifs (C(OH)–C–C–N with tert-alkyl or cyclic N) is 1. The van der Waals surface area contributed by atoms with Crippen molar-refractivity contribution in [2.24, 2.45) is 0 Å². The van der Waals surface area contributed by atoms with Crippen molar-refractivity contribution in [3.05, 3.63) is 58.2 Å². The Kier molecular flexibility index (Phi) is 5.73. The highest BCUT2D eigenvalue weighted by Crippen LogP contribution is 2.23. The first kappa shape index (κ1) is 19.5. The molecule has 2 fully saturated rings. The van der Waals surface area contributed by atoms with Crippen molar-refractivity contribution in [3.8, 4) is 0 Å². The van der Waals surface area contributed by atoms with Gasteiger partial charge in [-0.2, -0.15) is 0 Å². The predicted octanol–water partition coefficient (Wildman–Crippen LogP) is 2.40. The molecule has 1 amide bonds. The molecular formula is C20H22Cl2N4O2. The summed E-state index contributed by atoms with van der Waals surface area (Å²) in [6.45, 7) is 4.16. The molecule has 2 unspecified atom stereocenters. The van der Waals surface area contributed by atoms with E-state index in [4.69, 9.17) is 23.2 Å². The quantitative estimate of drug-likeness (QED) is 0.825. The number of carbonyl (C=O) groups is 1. The minimum absolute atomic E-state index is 0.0448. The van der Waals surface area contributed by atoms with E-state index < -0.39 is 6.10 Å². The molecule has 2 atom stereocenters. The highest BCUT2D eigenvalue weighted by molar-refractivity contribution is 6.30. The Bertz CT molecular complexity index is 823. The van der Waals surface area contributed by atoms with Crippen molar-refractivity contribution < 1.29 is 9.90 Å². The second kappa shape index (κ2) is 8.25. The largest absolute Gasteiger partial charge is 0.390 e. The van der Waals surface area contributed by atoms with Crippen molar-refractivity contribution in [2.45, 2.75) is 12.1 Å². The Morgan fingerprint density at radius 2 is 1.64 bits per heavy atom. The maximum atomic E-state index is 12.7. The monoisotopic (exact) mass is 420 g/mol. The zero-order valence-corrected chi connectivity index (χ0v) is 16.9. The van der Waals surface area contributed by atoms with Gasteiger partial charge in [-0.15, -0.1) is 0 Å². The molecule has 3 heterocycles. The Labute approximate surface area is 174 Å². The average molecular weight is 421 g/mol. The molecule has 2 aromatic rings. The van der Waals surface area contributed by atoms with Crippen LogP contribution in [0.4, 0.5) is 5.82 Å². The minimum Gasteiger partial charge on any atom is -0.390 e. The van der Waals surface area contributed by atoms with Crippen LogP contribution in [0, 0.1) is 0 Å². The number of likely N-dealkylation sites (tertiary alicyclic amines) is 1. The smallest absolute Gasteiger partial charge is 0.253 e. The molecular weight excluding hydrogens is 399 g/mol. The Morgan fingerprint density at radius 1 is 0.964 bits per heavy atom. The average Bonchev–Trinajstić information content (AvgIpc) is 3.10. The van der Waals surface area contributed by atoms with Gasteiger partial charge in [0.2, 0.25) is 0 Å². The standard InChI is InChI=1S/C20H22Cl2N4O2/c21-15-3-1-14(2-4-15)20(28)26-12-17(18(27)13-26)24-7-9-25(10-8-24)19-6-5-16(22)11-23-19/h1-6,11,17-18,27H,7-10,12-13H2. The lowest BCUT2D eigenvalue weighted by Gasteiger charge is -2.39. The number of amides is 1. The topological polar surface area (TPSA) is 59.9 Å². The minimum atomic E-state index is -0.545. The number of aliphatic hydroxyl groups is 1. The SMILES string of the molecule is O=C(c1ccc(Cl)cc1)N1CC(O)C(N2CCN(c3ccc(Cl)cn3)CC2)C1. The van der Waals surface area contributed by atoms with Crippen LogP contribution in [-0.2, 0) is 0 Å². The summed E-state index contributed by atoms with van der Waals surface area (Å²) in [4.78, 5) is 23.3. The number of carbonyl (C=O) groups excluding carboxylic acids is 1. The molecule has 6 nitrogen and oxygen atoms in total. The lowest BCUT2D eigenvalue weighted by Crippen LogP contribution is -2.54. The fourth-order valence-corrected chi connectivity index (χ4v) is 4.14. The number of aliphatic hydroxyl groups excluding tert-OH is 1. The van der Waals surface area contributed by atoms with E-state index in [1.807, 2.05) is 12.1 Å². The lowest BCUT2D eigenvalue weighted by atomic mass is 10.1. The maximum Gasteiger partial charge on any atom is 0.253 e. The molecule has 0 spiro atoms. The van der Waals surface area contributed by atoms with Gasteiger partial charge in [0.1, 0.15) is 5.82 Å². The van der Waals surface area contributed by atoms with Crippen LogP contribution >= 0.6 is 23.2 Å². The number of pyridine rings is 1. The third-order valence-corrected chi connectivity index (χ3v) is 5.93. The van der Waals surface area contributed by atoms with E-state index in [0.29, 0.717) is 28.7 Å². The summed E-state index contributed by atoms with van der Waals surface area (Å²) < 4.78 is 0. The van der Waals surface area contributed by atoms with Crippen LogP contribution in [0.15, 0.2) is 42.6 Å². The summed E-state index contributed by atoms with van der Waals surface area (Å²) in [5.74, 6) is 0.845. The number of hydrogen-bond donors (Lipinski definition) is 1. The normalized spacial score (nSPS) is 23.2. The predicted molar refractivity (Wildman–Crippen MR) is 110 cm³/mol. The van der Waals surface area contributed by atoms with Gasteiger partial charge in [-0.25, -0.2) is 4.98 Å². The third-order valence-electron chi connectivity index (χ3n) is 5.46. The molecule has 0 radical (unpaired) electrons. The molecule has 0 bridgehead atoms. The molecule has 2 aliphatic rings. The van der Waals surface area contributed by atoms with E-state index in [9.17, 15) is 9.90 Å². The molecule has 1 aromatic carbocycles. The van der Waals surface area contributed by atoms with E-state index in [1.54, 1.807) is 35.4 Å². The van der Waals surface area contributed by atoms with Crippen molar-refractivity contribution >= 4 is 34.9 Å². The molecule has 4 rings (SSSR count). The van der Waals surface area contributed by atoms with Crippen LogP contribution in [0.1, 0.15) is 10.4 Å². The van der Waals surface area contributed by atoms with Gasteiger partial charge >= 0.3 is 0 Å². The number of hydrogen-bond acceptors (Lipinski definition) is 5. The van der Waals surface area contributed by atoms with E-state index in [-0.39, 0.29) is 11.9 Å². The van der Waals surface area contributed by atoms with Crippen molar-refractivity contribution in [2.75, 3.05) is 44.2 Å². The molecule has 148 valence electrons. The summed E-state index contributed by atoms with van der Waals surface area (Å²) >= 11 is 11.8. The molecule has 2 aliphatic heterocycles. The van der Waals surface area contributed by atoms with Crippen molar-refractivity contribution in [1.82, 2.24) is 14.8 Å². The van der Waals surface area contributed by atoms with Crippen LogP contribution in [-0.4, -0.2) is 77.2 Å². The van der Waals surface area contributed by atoms with Gasteiger partial charge < -0.3 is 14.9 Å². The summed E-state index contributed by atoms with van der Waals surface area (Å²) in [6.07, 6.45) is 1.11. The fourth-order valence-electron chi connectivity index (χ4n) is 3.91. The van der Waals surface area contributed by atoms with Crippen LogP contribution in [0.3, 0.4) is 0 Å². The van der Waals surface area contributed by atoms with Crippen molar-refractivity contribution in [3.63, 3.8) is 0 Å². The van der Waals surface area contributed by atoms with Gasteiger partial charge in [0, 0.05) is 56.1 Å². The highest BCUT2D eigenvalue weighted by atomic mass is 35.5. The first-order valence-electron chi connectivity index (χ1n) is 9.35. The van der Waals surface area contributed by atoms with Crippen LogP contribution in [0.25, 0.3) is 0 Å². The van der Waals surface area contributed by atoms with E-state index in [0.717, 1.165) is 32.0 Å². The number of benzene rings is 1. The first-order chi connectivity index (χ1) is 13.5. The number of aromatic nitrogens is 1.